The van der Waals surface area contributed by atoms with Crippen molar-refractivity contribution in [3.05, 3.63) is 62.1 Å². The van der Waals surface area contributed by atoms with Crippen molar-refractivity contribution in [1.82, 2.24) is 0 Å². The molecule has 5 nitrogen and oxygen atoms in total. The van der Waals surface area contributed by atoms with Crippen molar-refractivity contribution in [3.8, 4) is 11.5 Å². The molecule has 0 aromatic heterocycles. The van der Waals surface area contributed by atoms with Crippen LogP contribution >= 0.6 is 15.9 Å². The van der Waals surface area contributed by atoms with Crippen LogP contribution in [0.4, 0.5) is 5.69 Å². The Morgan fingerprint density at radius 1 is 1.29 bits per heavy atom. The highest BCUT2D eigenvalue weighted by Crippen LogP contribution is 2.33. The smallest absolute Gasteiger partial charge is 0.311 e. The molecule has 2 N–H and O–H groups in total. The molecule has 2 rings (SSSR count). The van der Waals surface area contributed by atoms with E-state index in [2.05, 4.69) is 15.9 Å². The molecule has 0 saturated heterocycles. The summed E-state index contributed by atoms with van der Waals surface area (Å²) in [6.45, 7) is 2.36. The lowest BCUT2D eigenvalue weighted by molar-refractivity contribution is -0.385. The quantitative estimate of drug-likeness (QED) is 0.648. The number of nitro groups is 1. The Bertz CT molecular complexity index is 674. The van der Waals surface area contributed by atoms with Crippen LogP contribution < -0.4 is 10.5 Å². The summed E-state index contributed by atoms with van der Waals surface area (Å²) in [5.41, 5.74) is 7.39. The van der Waals surface area contributed by atoms with E-state index in [-0.39, 0.29) is 11.4 Å². The third kappa shape index (κ3) is 3.59. The molecule has 0 aliphatic heterocycles. The van der Waals surface area contributed by atoms with Gasteiger partial charge in [0.1, 0.15) is 5.75 Å². The van der Waals surface area contributed by atoms with Crippen LogP contribution in [0.2, 0.25) is 0 Å². The molecule has 0 radical (unpaired) electrons. The predicted molar refractivity (Wildman–Crippen MR) is 84.6 cm³/mol. The molecular formula is C15H15BrN2O3. The first-order valence-electron chi connectivity index (χ1n) is 6.48. The molecular weight excluding hydrogens is 336 g/mol. The molecule has 0 unspecified atom stereocenters. The lowest BCUT2D eigenvalue weighted by Gasteiger charge is -2.09. The van der Waals surface area contributed by atoms with E-state index in [0.717, 1.165) is 22.0 Å². The number of nitrogens with zero attached hydrogens (tertiary/aromatic N) is 1. The minimum absolute atomic E-state index is 0.0339. The molecule has 21 heavy (non-hydrogen) atoms. The molecule has 2 aromatic rings. The van der Waals surface area contributed by atoms with Gasteiger partial charge in [-0.3, -0.25) is 10.1 Å². The molecule has 0 fully saturated rings. The van der Waals surface area contributed by atoms with E-state index in [1.165, 1.54) is 0 Å². The van der Waals surface area contributed by atoms with Gasteiger partial charge < -0.3 is 10.5 Å². The maximum absolute atomic E-state index is 11.1. The van der Waals surface area contributed by atoms with Crippen LogP contribution in [0.25, 0.3) is 0 Å². The summed E-state index contributed by atoms with van der Waals surface area (Å²) in [6, 6.07) is 10.3. The third-order valence-electron chi connectivity index (χ3n) is 3.10. The van der Waals surface area contributed by atoms with E-state index in [1.807, 2.05) is 19.1 Å². The average molecular weight is 351 g/mol. The number of nitro benzene ring substituents is 1. The van der Waals surface area contributed by atoms with E-state index in [1.54, 1.807) is 24.3 Å². The first-order chi connectivity index (χ1) is 10.0. The number of ether oxygens (including phenoxy) is 1. The number of benzene rings is 2. The van der Waals surface area contributed by atoms with E-state index in [0.29, 0.717) is 12.3 Å². The normalized spacial score (nSPS) is 10.4. The molecule has 0 atom stereocenters. The number of rotatable bonds is 5. The standard InChI is InChI=1S/C15H15BrN2O3/c1-2-10-3-6-15(14(7-10)18(19)20)21-12-5-4-11(9-17)13(16)8-12/h3-8H,2,9,17H2,1H3. The Kier molecular flexibility index (Phi) is 4.93. The van der Waals surface area contributed by atoms with Gasteiger partial charge in [-0.2, -0.15) is 0 Å². The van der Waals surface area contributed by atoms with Crippen LogP contribution in [-0.4, -0.2) is 4.92 Å². The molecule has 2 aromatic carbocycles. The third-order valence-corrected chi connectivity index (χ3v) is 3.84. The van der Waals surface area contributed by atoms with E-state index in [9.17, 15) is 10.1 Å². The zero-order chi connectivity index (χ0) is 15.4. The van der Waals surface area contributed by atoms with Crippen molar-refractivity contribution in [2.75, 3.05) is 0 Å². The Balaban J connectivity index is 2.35. The van der Waals surface area contributed by atoms with Gasteiger partial charge in [0.05, 0.1) is 4.92 Å². The number of halogens is 1. The zero-order valence-corrected chi connectivity index (χ0v) is 13.1. The van der Waals surface area contributed by atoms with Crippen LogP contribution in [0, 0.1) is 10.1 Å². The SMILES string of the molecule is CCc1ccc(Oc2ccc(CN)c(Br)c2)c([N+](=O)[O-])c1. The monoisotopic (exact) mass is 350 g/mol. The van der Waals surface area contributed by atoms with Gasteiger partial charge in [0, 0.05) is 17.1 Å². The summed E-state index contributed by atoms with van der Waals surface area (Å²) in [6.07, 6.45) is 0.734. The molecule has 0 amide bonds. The minimum atomic E-state index is -0.433. The van der Waals surface area contributed by atoms with Crippen LogP contribution in [0.1, 0.15) is 18.1 Å². The Labute approximate surface area is 131 Å². The predicted octanol–water partition coefficient (Wildman–Crippen LogP) is 4.17. The average Bonchev–Trinajstić information content (AvgIpc) is 2.47. The minimum Gasteiger partial charge on any atom is -0.450 e. The van der Waals surface area contributed by atoms with Crippen molar-refractivity contribution >= 4 is 21.6 Å². The van der Waals surface area contributed by atoms with Gasteiger partial charge in [0.25, 0.3) is 0 Å². The summed E-state index contributed by atoms with van der Waals surface area (Å²) in [5.74, 6) is 0.746. The molecule has 0 aliphatic carbocycles. The summed E-state index contributed by atoms with van der Waals surface area (Å²) >= 11 is 3.40. The van der Waals surface area contributed by atoms with Crippen LogP contribution in [0.5, 0.6) is 11.5 Å². The Morgan fingerprint density at radius 3 is 2.62 bits per heavy atom. The topological polar surface area (TPSA) is 78.4 Å². The maximum Gasteiger partial charge on any atom is 0.311 e. The second kappa shape index (κ2) is 6.69. The lowest BCUT2D eigenvalue weighted by atomic mass is 10.1. The van der Waals surface area contributed by atoms with E-state index < -0.39 is 4.92 Å². The highest BCUT2D eigenvalue weighted by molar-refractivity contribution is 9.10. The fourth-order valence-electron chi connectivity index (χ4n) is 1.90. The van der Waals surface area contributed by atoms with Gasteiger partial charge in [-0.15, -0.1) is 0 Å². The lowest BCUT2D eigenvalue weighted by Crippen LogP contribution is -1.98. The fraction of sp³-hybridized carbons (Fsp3) is 0.200. The Morgan fingerprint density at radius 2 is 2.05 bits per heavy atom. The second-order valence-electron chi connectivity index (χ2n) is 4.47. The molecule has 0 aliphatic rings. The van der Waals surface area contributed by atoms with Crippen molar-refractivity contribution in [2.24, 2.45) is 5.73 Å². The highest BCUT2D eigenvalue weighted by atomic mass is 79.9. The van der Waals surface area contributed by atoms with E-state index >= 15 is 0 Å². The number of nitrogens with two attached hydrogens (primary N) is 1. The number of aryl methyl sites for hydroxylation is 1. The van der Waals surface area contributed by atoms with Crippen molar-refractivity contribution < 1.29 is 9.66 Å². The fourth-order valence-corrected chi connectivity index (χ4v) is 2.42. The Hall–Kier alpha value is -1.92. The van der Waals surface area contributed by atoms with Crippen molar-refractivity contribution in [2.45, 2.75) is 19.9 Å². The number of hydrogen-bond acceptors (Lipinski definition) is 4. The summed E-state index contributed by atoms with van der Waals surface area (Å²) in [4.78, 5) is 10.7. The molecule has 6 heteroatoms. The largest absolute Gasteiger partial charge is 0.450 e. The van der Waals surface area contributed by atoms with E-state index in [4.69, 9.17) is 10.5 Å². The summed E-state index contributed by atoms with van der Waals surface area (Å²) < 4.78 is 6.45. The molecule has 110 valence electrons. The molecule has 0 saturated carbocycles. The molecule has 0 heterocycles. The van der Waals surface area contributed by atoms with Crippen LogP contribution in [0.15, 0.2) is 40.9 Å². The maximum atomic E-state index is 11.1. The van der Waals surface area contributed by atoms with Crippen LogP contribution in [-0.2, 0) is 13.0 Å². The van der Waals surface area contributed by atoms with Gasteiger partial charge in [-0.1, -0.05) is 35.0 Å². The summed E-state index contributed by atoms with van der Waals surface area (Å²) in [5, 5.41) is 11.1. The second-order valence-corrected chi connectivity index (χ2v) is 5.33. The van der Waals surface area contributed by atoms with Gasteiger partial charge >= 0.3 is 5.69 Å². The van der Waals surface area contributed by atoms with Gasteiger partial charge in [-0.05, 0) is 35.7 Å². The first kappa shape index (κ1) is 15.5. The van der Waals surface area contributed by atoms with Gasteiger partial charge in [-0.25, -0.2) is 0 Å². The highest BCUT2D eigenvalue weighted by Gasteiger charge is 2.16. The van der Waals surface area contributed by atoms with Crippen molar-refractivity contribution in [3.63, 3.8) is 0 Å². The molecule has 0 spiro atoms. The van der Waals surface area contributed by atoms with Gasteiger partial charge in [0.2, 0.25) is 5.75 Å². The molecule has 0 bridgehead atoms. The summed E-state index contributed by atoms with van der Waals surface area (Å²) in [7, 11) is 0. The number of hydrogen-bond donors (Lipinski definition) is 1. The zero-order valence-electron chi connectivity index (χ0n) is 11.5. The van der Waals surface area contributed by atoms with Crippen molar-refractivity contribution in [1.29, 1.82) is 0 Å². The van der Waals surface area contributed by atoms with Crippen LogP contribution in [0.3, 0.4) is 0 Å². The van der Waals surface area contributed by atoms with Gasteiger partial charge in [0.15, 0.2) is 0 Å². The first-order valence-corrected chi connectivity index (χ1v) is 7.28.